The number of imide groups is 1. The summed E-state index contributed by atoms with van der Waals surface area (Å²) in [6, 6.07) is 12.2. The lowest BCUT2D eigenvalue weighted by atomic mass is 10.1. The highest BCUT2D eigenvalue weighted by molar-refractivity contribution is 14.1. The number of nitrogens with zero attached hydrogens (tertiary/aromatic N) is 1. The third kappa shape index (κ3) is 1.98. The smallest absolute Gasteiger partial charge is 0.266 e. The molecule has 0 atom stereocenters. The van der Waals surface area contributed by atoms with Crippen molar-refractivity contribution >= 4 is 40.1 Å². The summed E-state index contributed by atoms with van der Waals surface area (Å²) in [5.41, 5.74) is 1.38. The zero-order valence-electron chi connectivity index (χ0n) is 10.6. The highest BCUT2D eigenvalue weighted by atomic mass is 127. The van der Waals surface area contributed by atoms with Crippen molar-refractivity contribution in [3.63, 3.8) is 0 Å². The fourth-order valence-corrected chi connectivity index (χ4v) is 2.72. The predicted octanol–water partition coefficient (Wildman–Crippen LogP) is 3.10. The minimum absolute atomic E-state index is 0.297. The van der Waals surface area contributed by atoms with Crippen LogP contribution in [0.2, 0.25) is 0 Å². The van der Waals surface area contributed by atoms with Crippen molar-refractivity contribution < 1.29 is 14.3 Å². The van der Waals surface area contributed by atoms with E-state index in [-0.39, 0.29) is 11.8 Å². The molecule has 5 heteroatoms. The van der Waals surface area contributed by atoms with Crippen molar-refractivity contribution in [2.24, 2.45) is 0 Å². The standard InChI is InChI=1S/C15H10INO3/c1-20-11-5-6-12-13(8-11)15(19)17(14(12)18)10-4-2-3-9(16)7-10/h2-8H,1H3. The van der Waals surface area contributed by atoms with E-state index in [1.165, 1.54) is 12.0 Å². The largest absolute Gasteiger partial charge is 0.497 e. The van der Waals surface area contributed by atoms with Gasteiger partial charge in [0.25, 0.3) is 11.8 Å². The molecule has 0 aliphatic carbocycles. The molecule has 0 saturated carbocycles. The lowest BCUT2D eigenvalue weighted by molar-refractivity contribution is 0.0926. The average Bonchev–Trinajstić information content (AvgIpc) is 2.70. The van der Waals surface area contributed by atoms with Crippen LogP contribution in [0.25, 0.3) is 0 Å². The van der Waals surface area contributed by atoms with Gasteiger partial charge in [-0.05, 0) is 59.0 Å². The van der Waals surface area contributed by atoms with Gasteiger partial charge in [0.15, 0.2) is 0 Å². The van der Waals surface area contributed by atoms with Crippen LogP contribution < -0.4 is 9.64 Å². The van der Waals surface area contributed by atoms with Crippen LogP contribution in [0.1, 0.15) is 20.7 Å². The Kier molecular flexibility index (Phi) is 3.21. The van der Waals surface area contributed by atoms with Crippen LogP contribution in [0.4, 0.5) is 5.69 Å². The second-order valence-electron chi connectivity index (χ2n) is 4.34. The molecular weight excluding hydrogens is 369 g/mol. The third-order valence-corrected chi connectivity index (χ3v) is 3.83. The normalized spacial score (nSPS) is 13.6. The Bertz CT molecular complexity index is 727. The number of hydrogen-bond donors (Lipinski definition) is 0. The van der Waals surface area contributed by atoms with E-state index in [0.717, 1.165) is 3.57 Å². The van der Waals surface area contributed by atoms with Crippen molar-refractivity contribution in [2.45, 2.75) is 0 Å². The number of anilines is 1. The average molecular weight is 379 g/mol. The molecule has 2 aromatic carbocycles. The van der Waals surface area contributed by atoms with Crippen LogP contribution >= 0.6 is 22.6 Å². The number of hydrogen-bond acceptors (Lipinski definition) is 3. The fourth-order valence-electron chi connectivity index (χ4n) is 2.20. The predicted molar refractivity (Wildman–Crippen MR) is 83.3 cm³/mol. The van der Waals surface area contributed by atoms with Crippen LogP contribution in [-0.4, -0.2) is 18.9 Å². The lowest BCUT2D eigenvalue weighted by Gasteiger charge is -2.13. The summed E-state index contributed by atoms with van der Waals surface area (Å²) in [5, 5.41) is 0. The molecule has 1 aliphatic heterocycles. The number of halogens is 1. The van der Waals surface area contributed by atoms with E-state index in [1.54, 1.807) is 30.3 Å². The zero-order valence-corrected chi connectivity index (χ0v) is 12.7. The first-order valence-corrected chi connectivity index (χ1v) is 7.02. The number of fused-ring (bicyclic) bond motifs is 1. The monoisotopic (exact) mass is 379 g/mol. The van der Waals surface area contributed by atoms with E-state index in [9.17, 15) is 9.59 Å². The number of rotatable bonds is 2. The number of carbonyl (C=O) groups excluding carboxylic acids is 2. The molecule has 0 bridgehead atoms. The van der Waals surface area contributed by atoms with E-state index in [4.69, 9.17) is 4.74 Å². The number of methoxy groups -OCH3 is 1. The van der Waals surface area contributed by atoms with Crippen LogP contribution in [0.5, 0.6) is 5.75 Å². The molecule has 4 nitrogen and oxygen atoms in total. The maximum atomic E-state index is 12.4. The summed E-state index contributed by atoms with van der Waals surface area (Å²) < 4.78 is 6.07. The first kappa shape index (κ1) is 13.1. The second kappa shape index (κ2) is 4.90. The lowest BCUT2D eigenvalue weighted by Crippen LogP contribution is -2.29. The minimum Gasteiger partial charge on any atom is -0.497 e. The summed E-state index contributed by atoms with van der Waals surface area (Å²) in [5.74, 6) is -0.0463. The number of benzene rings is 2. The second-order valence-corrected chi connectivity index (χ2v) is 5.58. The Morgan fingerprint density at radius 2 is 1.75 bits per heavy atom. The molecule has 0 N–H and O–H groups in total. The van der Waals surface area contributed by atoms with Gasteiger partial charge in [-0.1, -0.05) is 6.07 Å². The number of carbonyl (C=O) groups is 2. The van der Waals surface area contributed by atoms with Gasteiger partial charge < -0.3 is 4.74 Å². The van der Waals surface area contributed by atoms with E-state index in [2.05, 4.69) is 22.6 Å². The maximum Gasteiger partial charge on any atom is 0.266 e. The van der Waals surface area contributed by atoms with Gasteiger partial charge in [0.05, 0.1) is 23.9 Å². The Morgan fingerprint density at radius 1 is 1.00 bits per heavy atom. The summed E-state index contributed by atoms with van der Waals surface area (Å²) in [6.07, 6.45) is 0. The molecule has 20 heavy (non-hydrogen) atoms. The third-order valence-electron chi connectivity index (χ3n) is 3.16. The molecule has 100 valence electrons. The van der Waals surface area contributed by atoms with Crippen molar-refractivity contribution in [1.82, 2.24) is 0 Å². The Balaban J connectivity index is 2.09. The molecule has 0 aromatic heterocycles. The first-order valence-electron chi connectivity index (χ1n) is 5.94. The highest BCUT2D eigenvalue weighted by Crippen LogP contribution is 2.31. The van der Waals surface area contributed by atoms with Crippen LogP contribution in [0.3, 0.4) is 0 Å². The summed E-state index contributed by atoms with van der Waals surface area (Å²) in [7, 11) is 1.53. The van der Waals surface area contributed by atoms with Gasteiger partial charge in [0.2, 0.25) is 0 Å². The van der Waals surface area contributed by atoms with Gasteiger partial charge in [0, 0.05) is 3.57 Å². The van der Waals surface area contributed by atoms with E-state index in [1.807, 2.05) is 12.1 Å². The van der Waals surface area contributed by atoms with E-state index >= 15 is 0 Å². The fraction of sp³-hybridized carbons (Fsp3) is 0.0667. The van der Waals surface area contributed by atoms with Crippen LogP contribution in [-0.2, 0) is 0 Å². The molecule has 2 amide bonds. The SMILES string of the molecule is COc1ccc2c(c1)C(=O)N(c1cccc(I)c1)C2=O. The topological polar surface area (TPSA) is 46.6 Å². The molecule has 1 aliphatic rings. The molecule has 0 spiro atoms. The van der Waals surface area contributed by atoms with Crippen molar-refractivity contribution in [3.8, 4) is 5.75 Å². The molecule has 0 unspecified atom stereocenters. The highest BCUT2D eigenvalue weighted by Gasteiger charge is 2.36. The van der Waals surface area contributed by atoms with Gasteiger partial charge in [-0.3, -0.25) is 9.59 Å². The minimum atomic E-state index is -0.314. The van der Waals surface area contributed by atoms with Crippen LogP contribution in [0.15, 0.2) is 42.5 Å². The number of ether oxygens (including phenoxy) is 1. The molecule has 2 aromatic rings. The molecule has 0 fully saturated rings. The van der Waals surface area contributed by atoms with Crippen molar-refractivity contribution in [2.75, 3.05) is 12.0 Å². The Hall–Kier alpha value is -1.89. The van der Waals surface area contributed by atoms with Crippen molar-refractivity contribution in [1.29, 1.82) is 0 Å². The summed E-state index contributed by atoms with van der Waals surface area (Å²) in [4.78, 5) is 26.0. The molecule has 0 radical (unpaired) electrons. The van der Waals surface area contributed by atoms with Gasteiger partial charge >= 0.3 is 0 Å². The van der Waals surface area contributed by atoms with E-state index in [0.29, 0.717) is 22.6 Å². The van der Waals surface area contributed by atoms with Gasteiger partial charge in [0.1, 0.15) is 5.75 Å². The van der Waals surface area contributed by atoms with Gasteiger partial charge in [-0.15, -0.1) is 0 Å². The van der Waals surface area contributed by atoms with Gasteiger partial charge in [-0.2, -0.15) is 0 Å². The molecule has 0 saturated heterocycles. The summed E-state index contributed by atoms with van der Waals surface area (Å²) >= 11 is 2.15. The summed E-state index contributed by atoms with van der Waals surface area (Å²) in [6.45, 7) is 0. The number of amides is 2. The van der Waals surface area contributed by atoms with Crippen LogP contribution in [0, 0.1) is 3.57 Å². The van der Waals surface area contributed by atoms with Crippen molar-refractivity contribution in [3.05, 3.63) is 57.2 Å². The molecule has 1 heterocycles. The van der Waals surface area contributed by atoms with Gasteiger partial charge in [-0.25, -0.2) is 4.90 Å². The Labute approximate surface area is 129 Å². The zero-order chi connectivity index (χ0) is 14.3. The van der Waals surface area contributed by atoms with E-state index < -0.39 is 0 Å². The molecular formula is C15H10INO3. The Morgan fingerprint density at radius 3 is 2.45 bits per heavy atom. The quantitative estimate of drug-likeness (QED) is 0.595. The maximum absolute atomic E-state index is 12.4. The molecule has 3 rings (SSSR count). The first-order chi connectivity index (χ1) is 9.61.